The molecule has 2 aromatic carbocycles. The molecule has 0 saturated carbocycles. The zero-order chi connectivity index (χ0) is 19.2. The van der Waals surface area contributed by atoms with E-state index in [0.717, 1.165) is 43.2 Å². The highest BCUT2D eigenvalue weighted by Gasteiger charge is 2.18. The minimum absolute atomic E-state index is 0.0290. The van der Waals surface area contributed by atoms with E-state index in [0.29, 0.717) is 11.6 Å². The van der Waals surface area contributed by atoms with Gasteiger partial charge in [-0.2, -0.15) is 0 Å². The number of nitrogens with zero attached hydrogens (tertiary/aromatic N) is 2. The first-order valence-corrected chi connectivity index (χ1v) is 9.59. The Kier molecular flexibility index (Phi) is 6.72. The average molecular weight is 388 g/mol. The molecule has 0 bridgehead atoms. The average Bonchev–Trinajstić information content (AvgIpc) is 2.68. The monoisotopic (exact) mass is 387 g/mol. The van der Waals surface area contributed by atoms with Crippen LogP contribution in [0.2, 0.25) is 5.02 Å². The molecule has 5 nitrogen and oxygen atoms in total. The Labute approximate surface area is 165 Å². The lowest BCUT2D eigenvalue weighted by atomic mass is 10.2. The molecule has 144 valence electrons. The van der Waals surface area contributed by atoms with Crippen LogP contribution in [0, 0.1) is 0 Å². The van der Waals surface area contributed by atoms with Crippen LogP contribution in [0.4, 0.5) is 11.4 Å². The van der Waals surface area contributed by atoms with E-state index in [1.807, 2.05) is 67.4 Å². The Balaban J connectivity index is 1.55. The normalized spacial score (nSPS) is 15.6. The van der Waals surface area contributed by atoms with Crippen molar-refractivity contribution in [3.05, 3.63) is 59.1 Å². The fraction of sp³-hybridized carbons (Fsp3) is 0.381. The minimum Gasteiger partial charge on any atom is -0.378 e. The maximum atomic E-state index is 12.6. The van der Waals surface area contributed by atoms with Gasteiger partial charge in [-0.05, 0) is 55.9 Å². The van der Waals surface area contributed by atoms with E-state index in [4.69, 9.17) is 16.3 Å². The van der Waals surface area contributed by atoms with Crippen molar-refractivity contribution in [1.82, 2.24) is 4.90 Å². The first-order valence-electron chi connectivity index (χ1n) is 9.21. The van der Waals surface area contributed by atoms with Gasteiger partial charge < -0.3 is 15.0 Å². The van der Waals surface area contributed by atoms with Gasteiger partial charge >= 0.3 is 0 Å². The van der Waals surface area contributed by atoms with Crippen molar-refractivity contribution >= 4 is 28.9 Å². The summed E-state index contributed by atoms with van der Waals surface area (Å²) in [5.74, 6) is -0.0290. The molecule has 1 atom stereocenters. The van der Waals surface area contributed by atoms with Crippen LogP contribution in [-0.2, 0) is 16.1 Å². The number of amides is 1. The Morgan fingerprint density at radius 2 is 1.93 bits per heavy atom. The predicted molar refractivity (Wildman–Crippen MR) is 110 cm³/mol. The highest BCUT2D eigenvalue weighted by molar-refractivity contribution is 6.30. The summed E-state index contributed by atoms with van der Waals surface area (Å²) in [4.78, 5) is 16.9. The summed E-state index contributed by atoms with van der Waals surface area (Å²) < 4.78 is 5.38. The maximum Gasteiger partial charge on any atom is 0.241 e. The number of likely N-dealkylation sites (N-methyl/N-ethyl adjacent to an activating group) is 1. The van der Waals surface area contributed by atoms with E-state index in [1.54, 1.807) is 0 Å². The predicted octanol–water partition coefficient (Wildman–Crippen LogP) is 3.64. The molecule has 0 aliphatic carbocycles. The Morgan fingerprint density at radius 1 is 1.22 bits per heavy atom. The van der Waals surface area contributed by atoms with Crippen molar-refractivity contribution in [3.63, 3.8) is 0 Å². The van der Waals surface area contributed by atoms with Crippen molar-refractivity contribution < 1.29 is 9.53 Å². The number of halogens is 1. The van der Waals surface area contributed by atoms with Gasteiger partial charge in [-0.1, -0.05) is 23.7 Å². The molecule has 1 heterocycles. The van der Waals surface area contributed by atoms with Gasteiger partial charge in [0.2, 0.25) is 5.91 Å². The molecule has 1 unspecified atom stereocenters. The second-order valence-corrected chi connectivity index (χ2v) is 7.29. The molecule has 0 radical (unpaired) electrons. The summed E-state index contributed by atoms with van der Waals surface area (Å²) in [7, 11) is 1.94. The Hall–Kier alpha value is -2.08. The third-order valence-corrected chi connectivity index (χ3v) is 5.11. The van der Waals surface area contributed by atoms with Gasteiger partial charge in [-0.3, -0.25) is 9.69 Å². The fourth-order valence-electron chi connectivity index (χ4n) is 3.08. The smallest absolute Gasteiger partial charge is 0.241 e. The number of anilines is 2. The lowest BCUT2D eigenvalue weighted by Gasteiger charge is -2.29. The lowest BCUT2D eigenvalue weighted by molar-refractivity contribution is -0.120. The second kappa shape index (κ2) is 9.22. The Bertz CT molecular complexity index is 760. The van der Waals surface area contributed by atoms with Crippen molar-refractivity contribution in [2.24, 2.45) is 0 Å². The zero-order valence-electron chi connectivity index (χ0n) is 15.8. The molecule has 1 saturated heterocycles. The van der Waals surface area contributed by atoms with Gasteiger partial charge in [0.25, 0.3) is 0 Å². The third kappa shape index (κ3) is 5.45. The molecule has 1 aliphatic heterocycles. The molecule has 2 aromatic rings. The molecule has 3 rings (SSSR count). The molecule has 0 aromatic heterocycles. The Morgan fingerprint density at radius 3 is 2.59 bits per heavy atom. The first-order chi connectivity index (χ1) is 13.0. The molecule has 1 aliphatic rings. The number of hydrogen-bond donors (Lipinski definition) is 1. The molecular formula is C21H26ClN3O2. The van der Waals surface area contributed by atoms with E-state index < -0.39 is 0 Å². The second-order valence-electron chi connectivity index (χ2n) is 6.86. The van der Waals surface area contributed by atoms with Crippen LogP contribution < -0.4 is 10.2 Å². The molecule has 27 heavy (non-hydrogen) atoms. The maximum absolute atomic E-state index is 12.6. The molecule has 1 amide bonds. The van der Waals surface area contributed by atoms with Crippen LogP contribution in [0.15, 0.2) is 48.5 Å². The van der Waals surface area contributed by atoms with Gasteiger partial charge in [0.15, 0.2) is 0 Å². The first kappa shape index (κ1) is 19.7. The topological polar surface area (TPSA) is 44.8 Å². The van der Waals surface area contributed by atoms with E-state index >= 15 is 0 Å². The van der Waals surface area contributed by atoms with Gasteiger partial charge in [-0.15, -0.1) is 0 Å². The van der Waals surface area contributed by atoms with Crippen molar-refractivity contribution in [1.29, 1.82) is 0 Å². The van der Waals surface area contributed by atoms with E-state index in [9.17, 15) is 4.79 Å². The SMILES string of the molecule is CC(C(=O)Nc1ccc(N2CCOCC2)cc1)N(C)Cc1cccc(Cl)c1. The number of carbonyl (C=O) groups is 1. The summed E-state index contributed by atoms with van der Waals surface area (Å²) in [5, 5.41) is 3.71. The zero-order valence-corrected chi connectivity index (χ0v) is 16.6. The van der Waals surface area contributed by atoms with Crippen LogP contribution >= 0.6 is 11.6 Å². The van der Waals surface area contributed by atoms with E-state index in [1.165, 1.54) is 0 Å². The highest BCUT2D eigenvalue weighted by atomic mass is 35.5. The number of benzene rings is 2. The van der Waals surface area contributed by atoms with Gasteiger partial charge in [0.1, 0.15) is 0 Å². The van der Waals surface area contributed by atoms with Crippen molar-refractivity contribution in [3.8, 4) is 0 Å². The highest BCUT2D eigenvalue weighted by Crippen LogP contribution is 2.20. The molecule has 1 N–H and O–H groups in total. The number of morpholine rings is 1. The molecular weight excluding hydrogens is 362 g/mol. The summed E-state index contributed by atoms with van der Waals surface area (Å²) in [6.45, 7) is 5.88. The number of nitrogens with one attached hydrogen (secondary N) is 1. The lowest BCUT2D eigenvalue weighted by Crippen LogP contribution is -2.39. The van der Waals surface area contributed by atoms with E-state index in [-0.39, 0.29) is 11.9 Å². The third-order valence-electron chi connectivity index (χ3n) is 4.87. The molecule has 6 heteroatoms. The summed E-state index contributed by atoms with van der Waals surface area (Å²) in [6, 6.07) is 15.4. The number of ether oxygens (including phenoxy) is 1. The van der Waals surface area contributed by atoms with Crippen LogP contribution in [0.25, 0.3) is 0 Å². The van der Waals surface area contributed by atoms with Crippen molar-refractivity contribution in [2.75, 3.05) is 43.6 Å². The minimum atomic E-state index is -0.261. The quantitative estimate of drug-likeness (QED) is 0.822. The van der Waals surface area contributed by atoms with Gasteiger partial charge in [-0.25, -0.2) is 0 Å². The van der Waals surface area contributed by atoms with Crippen LogP contribution in [0.3, 0.4) is 0 Å². The van der Waals surface area contributed by atoms with Gasteiger partial charge in [0.05, 0.1) is 19.3 Å². The van der Waals surface area contributed by atoms with Crippen LogP contribution in [-0.4, -0.2) is 50.2 Å². The van der Waals surface area contributed by atoms with Crippen LogP contribution in [0.1, 0.15) is 12.5 Å². The fourth-order valence-corrected chi connectivity index (χ4v) is 3.30. The summed E-state index contributed by atoms with van der Waals surface area (Å²) in [5.41, 5.74) is 3.04. The number of hydrogen-bond acceptors (Lipinski definition) is 4. The molecule has 1 fully saturated rings. The number of carbonyl (C=O) groups excluding carboxylic acids is 1. The molecule has 0 spiro atoms. The largest absolute Gasteiger partial charge is 0.378 e. The summed E-state index contributed by atoms with van der Waals surface area (Å²) >= 11 is 6.04. The van der Waals surface area contributed by atoms with Gasteiger partial charge in [0, 0.05) is 36.0 Å². The number of rotatable bonds is 6. The van der Waals surface area contributed by atoms with Crippen LogP contribution in [0.5, 0.6) is 0 Å². The van der Waals surface area contributed by atoms with E-state index in [2.05, 4.69) is 10.2 Å². The standard InChI is InChI=1S/C21H26ClN3O2/c1-16(24(2)15-17-4-3-5-18(22)14-17)21(26)23-19-6-8-20(9-7-19)25-10-12-27-13-11-25/h3-9,14,16H,10-13,15H2,1-2H3,(H,23,26). The van der Waals surface area contributed by atoms with Crippen molar-refractivity contribution in [2.45, 2.75) is 19.5 Å². The summed E-state index contributed by atoms with van der Waals surface area (Å²) in [6.07, 6.45) is 0.